The molecule has 1 aromatic carbocycles. The Bertz CT molecular complexity index is 1010. The third-order valence-electron chi connectivity index (χ3n) is 6.84. The Kier molecular flexibility index (Phi) is 7.18. The summed E-state index contributed by atoms with van der Waals surface area (Å²) in [4.78, 5) is 14.6. The monoisotopic (exact) mass is 482 g/mol. The molecule has 3 aliphatic heterocycles. The maximum Gasteiger partial charge on any atom is 0.232 e. The van der Waals surface area contributed by atoms with Gasteiger partial charge in [-0.15, -0.1) is 0 Å². The summed E-state index contributed by atoms with van der Waals surface area (Å²) in [5, 5.41) is 7.02. The Morgan fingerprint density at radius 2 is 1.74 bits per heavy atom. The Balaban J connectivity index is 1.31. The molecule has 0 aliphatic carbocycles. The third kappa shape index (κ3) is 5.46. The van der Waals surface area contributed by atoms with E-state index in [4.69, 9.17) is 31.7 Å². The molecule has 34 heavy (non-hydrogen) atoms. The first-order valence-corrected chi connectivity index (χ1v) is 12.9. The van der Waals surface area contributed by atoms with Crippen molar-refractivity contribution in [1.82, 2.24) is 15.3 Å². The van der Waals surface area contributed by atoms with E-state index in [1.165, 1.54) is 44.9 Å². The summed E-state index contributed by atoms with van der Waals surface area (Å²) in [6, 6.07) is 8.56. The summed E-state index contributed by atoms with van der Waals surface area (Å²) in [5.41, 5.74) is 1.07. The van der Waals surface area contributed by atoms with Gasteiger partial charge in [0.2, 0.25) is 12.7 Å². The molecule has 3 aliphatic rings. The summed E-state index contributed by atoms with van der Waals surface area (Å²) in [7, 11) is 0. The highest BCUT2D eigenvalue weighted by Crippen LogP contribution is 2.32. The van der Waals surface area contributed by atoms with Gasteiger partial charge in [-0.05, 0) is 68.9 Å². The average molecular weight is 483 g/mol. The fourth-order valence-corrected chi connectivity index (χ4v) is 5.07. The summed E-state index contributed by atoms with van der Waals surface area (Å²) in [6.45, 7) is 6.25. The smallest absolute Gasteiger partial charge is 0.232 e. The maximum absolute atomic E-state index is 5.59. The Labute approximate surface area is 207 Å². The molecule has 5 rings (SSSR count). The van der Waals surface area contributed by atoms with Gasteiger partial charge in [0.1, 0.15) is 11.6 Å². The topological polar surface area (TPSA) is 74.8 Å². The summed E-state index contributed by atoms with van der Waals surface area (Å²) in [5.74, 6) is 4.08. The van der Waals surface area contributed by atoms with Crippen LogP contribution in [0.1, 0.15) is 57.4 Å². The van der Waals surface area contributed by atoms with Gasteiger partial charge in [-0.2, -0.15) is 9.97 Å². The number of piperidine rings is 1. The minimum absolute atomic E-state index is 0.273. The number of benzene rings is 1. The van der Waals surface area contributed by atoms with E-state index in [-0.39, 0.29) is 6.79 Å². The molecular weight excluding hydrogens is 448 g/mol. The molecule has 0 radical (unpaired) electrons. The lowest BCUT2D eigenvalue weighted by Gasteiger charge is -2.35. The van der Waals surface area contributed by atoms with Crippen molar-refractivity contribution in [2.24, 2.45) is 0 Å². The van der Waals surface area contributed by atoms with Crippen LogP contribution in [0.4, 0.5) is 17.6 Å². The number of ether oxygens (including phenoxy) is 2. The van der Waals surface area contributed by atoms with Gasteiger partial charge in [-0.25, -0.2) is 0 Å². The van der Waals surface area contributed by atoms with Crippen LogP contribution in [0.15, 0.2) is 24.3 Å². The van der Waals surface area contributed by atoms with Crippen molar-refractivity contribution in [2.45, 2.75) is 64.5 Å². The number of aromatic nitrogens is 2. The highest BCUT2D eigenvalue weighted by atomic mass is 32.1. The van der Waals surface area contributed by atoms with Crippen molar-refractivity contribution in [3.8, 4) is 11.5 Å². The number of nitrogens with zero attached hydrogens (tertiary/aromatic N) is 4. The number of thiocarbonyl (C=S) groups is 1. The van der Waals surface area contributed by atoms with Crippen molar-refractivity contribution < 1.29 is 9.47 Å². The Hall–Kier alpha value is -2.81. The Morgan fingerprint density at radius 3 is 2.56 bits per heavy atom. The molecule has 1 atom stereocenters. The van der Waals surface area contributed by atoms with Crippen molar-refractivity contribution in [3.05, 3.63) is 29.8 Å². The van der Waals surface area contributed by atoms with Gasteiger partial charge in [-0.1, -0.05) is 18.9 Å². The van der Waals surface area contributed by atoms with E-state index in [1.54, 1.807) is 0 Å². The number of hydrogen-bond acceptors (Lipinski definition) is 7. The first-order chi connectivity index (χ1) is 16.7. The fourth-order valence-electron chi connectivity index (χ4n) is 4.90. The molecule has 0 saturated carbocycles. The van der Waals surface area contributed by atoms with E-state index in [0.29, 0.717) is 23.6 Å². The molecule has 0 bridgehead atoms. The van der Waals surface area contributed by atoms with Gasteiger partial charge < -0.3 is 29.9 Å². The fraction of sp³-hybridized carbons (Fsp3) is 0.560. The molecule has 2 aromatic rings. The second-order valence-corrected chi connectivity index (χ2v) is 9.75. The number of nitrogens with one attached hydrogen (secondary N) is 2. The van der Waals surface area contributed by atoms with Crippen LogP contribution in [-0.2, 0) is 6.54 Å². The van der Waals surface area contributed by atoms with Crippen LogP contribution in [0.2, 0.25) is 0 Å². The minimum atomic E-state index is 0.273. The van der Waals surface area contributed by atoms with Crippen molar-refractivity contribution >= 4 is 34.9 Å². The first kappa shape index (κ1) is 23.0. The van der Waals surface area contributed by atoms with E-state index in [0.717, 1.165) is 48.3 Å². The van der Waals surface area contributed by atoms with E-state index in [2.05, 4.69) is 33.4 Å². The van der Waals surface area contributed by atoms with Crippen LogP contribution in [0.5, 0.6) is 11.5 Å². The van der Waals surface area contributed by atoms with Gasteiger partial charge in [0.05, 0.1) is 0 Å². The predicted molar refractivity (Wildman–Crippen MR) is 139 cm³/mol. The zero-order valence-corrected chi connectivity index (χ0v) is 20.7. The summed E-state index contributed by atoms with van der Waals surface area (Å²) >= 11 is 5.59. The molecule has 182 valence electrons. The lowest BCUT2D eigenvalue weighted by molar-refractivity contribution is 0.174. The molecule has 2 N–H and O–H groups in total. The average Bonchev–Trinajstić information content (AvgIpc) is 3.14. The predicted octanol–water partition coefficient (Wildman–Crippen LogP) is 4.45. The van der Waals surface area contributed by atoms with Gasteiger partial charge in [0.15, 0.2) is 16.6 Å². The molecule has 2 saturated heterocycles. The van der Waals surface area contributed by atoms with Gasteiger partial charge in [0, 0.05) is 38.3 Å². The number of anilines is 3. The molecule has 0 spiro atoms. The van der Waals surface area contributed by atoms with E-state index < -0.39 is 0 Å². The lowest BCUT2D eigenvalue weighted by Crippen LogP contribution is -2.38. The van der Waals surface area contributed by atoms with Gasteiger partial charge in [0.25, 0.3) is 0 Å². The second kappa shape index (κ2) is 10.6. The van der Waals surface area contributed by atoms with Crippen LogP contribution in [0.3, 0.4) is 0 Å². The van der Waals surface area contributed by atoms with E-state index in [9.17, 15) is 0 Å². The van der Waals surface area contributed by atoms with Crippen LogP contribution in [0, 0.1) is 0 Å². The largest absolute Gasteiger partial charge is 0.454 e. The van der Waals surface area contributed by atoms with E-state index >= 15 is 0 Å². The molecule has 9 heteroatoms. The number of rotatable bonds is 5. The molecule has 1 unspecified atom stereocenters. The highest BCUT2D eigenvalue weighted by Gasteiger charge is 2.23. The quantitative estimate of drug-likeness (QED) is 0.601. The standard InChI is InChI=1S/C25H34N6O2S/c1-18-8-4-7-13-31(18)23-15-22(30-11-5-2-3-6-12-30)27-24(28-23)29-25(34)26-16-19-9-10-20-21(14-19)33-17-32-20/h9-10,14-15,18H,2-8,11-13,16-17H2,1H3,(H2,26,27,28,29,34). The molecule has 8 nitrogen and oxygen atoms in total. The minimum Gasteiger partial charge on any atom is -0.454 e. The maximum atomic E-state index is 5.59. The van der Waals surface area contributed by atoms with Crippen molar-refractivity contribution in [2.75, 3.05) is 41.5 Å². The van der Waals surface area contributed by atoms with Crippen LogP contribution in [0.25, 0.3) is 0 Å². The summed E-state index contributed by atoms with van der Waals surface area (Å²) in [6.07, 6.45) is 8.66. The molecular formula is C25H34N6O2S. The lowest BCUT2D eigenvalue weighted by atomic mass is 10.0. The number of hydrogen-bond donors (Lipinski definition) is 2. The van der Waals surface area contributed by atoms with Crippen LogP contribution in [-0.4, -0.2) is 47.5 Å². The summed E-state index contributed by atoms with van der Waals surface area (Å²) < 4.78 is 10.9. The second-order valence-electron chi connectivity index (χ2n) is 9.34. The molecule has 2 fully saturated rings. The van der Waals surface area contributed by atoms with Crippen LogP contribution >= 0.6 is 12.2 Å². The van der Waals surface area contributed by atoms with Gasteiger partial charge in [-0.3, -0.25) is 0 Å². The zero-order chi connectivity index (χ0) is 23.3. The molecule has 1 aromatic heterocycles. The zero-order valence-electron chi connectivity index (χ0n) is 19.9. The van der Waals surface area contributed by atoms with Crippen molar-refractivity contribution in [3.63, 3.8) is 0 Å². The van der Waals surface area contributed by atoms with Crippen LogP contribution < -0.4 is 29.9 Å². The number of fused-ring (bicyclic) bond motifs is 1. The van der Waals surface area contributed by atoms with Gasteiger partial charge >= 0.3 is 0 Å². The molecule has 4 heterocycles. The Morgan fingerprint density at radius 1 is 0.971 bits per heavy atom. The SMILES string of the molecule is CC1CCCCN1c1cc(N2CCCCCC2)nc(NC(=S)NCc2ccc3c(c2)OCO3)n1. The third-order valence-corrected chi connectivity index (χ3v) is 7.09. The first-order valence-electron chi connectivity index (χ1n) is 12.5. The van der Waals surface area contributed by atoms with Crippen molar-refractivity contribution in [1.29, 1.82) is 0 Å². The normalized spacial score (nSPS) is 20.1. The van der Waals surface area contributed by atoms with E-state index in [1.807, 2.05) is 18.2 Å². The highest BCUT2D eigenvalue weighted by molar-refractivity contribution is 7.80. The molecule has 0 amide bonds.